The maximum absolute atomic E-state index is 6.02. The van der Waals surface area contributed by atoms with Gasteiger partial charge in [0.15, 0.2) is 5.96 Å². The molecule has 1 aliphatic heterocycles. The highest BCUT2D eigenvalue weighted by Crippen LogP contribution is 2.36. The first-order chi connectivity index (χ1) is 9.21. The Morgan fingerprint density at radius 1 is 1.15 bits per heavy atom. The van der Waals surface area contributed by atoms with Crippen LogP contribution in [0.25, 0.3) is 0 Å². The van der Waals surface area contributed by atoms with Crippen LogP contribution in [0.4, 0.5) is 0 Å². The van der Waals surface area contributed by atoms with Crippen LogP contribution < -0.4 is 16.9 Å². The monoisotopic (exact) mass is 275 g/mol. The van der Waals surface area contributed by atoms with Gasteiger partial charge in [-0.1, -0.05) is 24.3 Å². The van der Waals surface area contributed by atoms with Gasteiger partial charge in [0.1, 0.15) is 0 Å². The van der Waals surface area contributed by atoms with E-state index >= 15 is 0 Å². The third kappa shape index (κ3) is 2.97. The predicted octanol–water partition coefficient (Wildman–Crippen LogP) is 0.759. The minimum Gasteiger partial charge on any atom is -0.399 e. The van der Waals surface area contributed by atoms with Crippen molar-refractivity contribution in [1.82, 2.24) is 0 Å². The molecule has 4 N–H and O–H groups in total. The highest BCUT2D eigenvalue weighted by molar-refractivity contribution is 6.62. The minimum absolute atomic E-state index is 0.0889. The maximum Gasteiger partial charge on any atom is 0.494 e. The predicted molar refractivity (Wildman–Crippen MR) is 81.7 cm³/mol. The second kappa shape index (κ2) is 5.11. The highest BCUT2D eigenvalue weighted by atomic mass is 16.7. The zero-order valence-corrected chi connectivity index (χ0v) is 12.5. The molecule has 1 aromatic rings. The van der Waals surface area contributed by atoms with E-state index in [0.717, 1.165) is 11.0 Å². The van der Waals surface area contributed by atoms with Gasteiger partial charge in [0, 0.05) is 0 Å². The van der Waals surface area contributed by atoms with E-state index in [0.29, 0.717) is 6.54 Å². The molecular formula is C14H22BN3O2. The fraction of sp³-hybridized carbons (Fsp3) is 0.500. The molecule has 0 radical (unpaired) electrons. The van der Waals surface area contributed by atoms with E-state index in [9.17, 15) is 0 Å². The summed E-state index contributed by atoms with van der Waals surface area (Å²) in [6, 6.07) is 7.93. The summed E-state index contributed by atoms with van der Waals surface area (Å²) in [5.74, 6) is 0.0889. The third-order valence-corrected chi connectivity index (χ3v) is 3.92. The molecule has 108 valence electrons. The van der Waals surface area contributed by atoms with Crippen LogP contribution in [0.1, 0.15) is 33.3 Å². The molecule has 0 amide bonds. The molecule has 1 aliphatic rings. The van der Waals surface area contributed by atoms with Crippen molar-refractivity contribution in [2.75, 3.05) is 0 Å². The van der Waals surface area contributed by atoms with Gasteiger partial charge < -0.3 is 20.8 Å². The van der Waals surface area contributed by atoms with Gasteiger partial charge in [-0.3, -0.25) is 0 Å². The van der Waals surface area contributed by atoms with Gasteiger partial charge in [-0.2, -0.15) is 0 Å². The molecule has 1 fully saturated rings. The number of nitrogens with zero attached hydrogens (tertiary/aromatic N) is 1. The maximum atomic E-state index is 6.02. The molecule has 0 saturated carbocycles. The number of nitrogens with two attached hydrogens (primary N) is 2. The Bertz CT molecular complexity index is 509. The van der Waals surface area contributed by atoms with Crippen molar-refractivity contribution >= 4 is 18.5 Å². The zero-order chi connectivity index (χ0) is 15.0. The molecule has 1 saturated heterocycles. The molecule has 0 bridgehead atoms. The van der Waals surface area contributed by atoms with Crippen LogP contribution in [0.5, 0.6) is 0 Å². The van der Waals surface area contributed by atoms with Crippen LogP contribution in [0.3, 0.4) is 0 Å². The quantitative estimate of drug-likeness (QED) is 0.484. The lowest BCUT2D eigenvalue weighted by Crippen LogP contribution is -2.41. The van der Waals surface area contributed by atoms with Crippen molar-refractivity contribution in [2.45, 2.75) is 45.4 Å². The van der Waals surface area contributed by atoms with Gasteiger partial charge in [-0.05, 0) is 38.7 Å². The average Bonchev–Trinajstić information content (AvgIpc) is 2.56. The van der Waals surface area contributed by atoms with E-state index in [-0.39, 0.29) is 24.3 Å². The second-order valence-corrected chi connectivity index (χ2v) is 6.07. The average molecular weight is 275 g/mol. The Hall–Kier alpha value is -1.53. The normalized spacial score (nSPS) is 19.9. The summed E-state index contributed by atoms with van der Waals surface area (Å²) in [7, 11) is -0.362. The summed E-state index contributed by atoms with van der Waals surface area (Å²) < 4.78 is 12.0. The van der Waals surface area contributed by atoms with Crippen molar-refractivity contribution in [2.24, 2.45) is 16.5 Å². The Labute approximate surface area is 120 Å². The molecule has 0 spiro atoms. The van der Waals surface area contributed by atoms with Crippen LogP contribution in [0.2, 0.25) is 0 Å². The summed E-state index contributed by atoms with van der Waals surface area (Å²) in [5, 5.41) is 0. The van der Waals surface area contributed by atoms with Crippen molar-refractivity contribution in [3.63, 3.8) is 0 Å². The molecule has 1 aromatic carbocycles. The minimum atomic E-state index is -0.362. The van der Waals surface area contributed by atoms with Crippen LogP contribution in [0.15, 0.2) is 29.3 Å². The molecule has 0 unspecified atom stereocenters. The summed E-state index contributed by atoms with van der Waals surface area (Å²) in [4.78, 5) is 4.01. The SMILES string of the molecule is CC1(C)OB(c2cccc(CN=C(N)N)c2)OC1(C)C. The van der Waals surface area contributed by atoms with Crippen molar-refractivity contribution in [1.29, 1.82) is 0 Å². The van der Waals surface area contributed by atoms with Gasteiger partial charge in [0.25, 0.3) is 0 Å². The second-order valence-electron chi connectivity index (χ2n) is 6.07. The third-order valence-electron chi connectivity index (χ3n) is 3.92. The smallest absolute Gasteiger partial charge is 0.399 e. The Morgan fingerprint density at radius 2 is 1.75 bits per heavy atom. The fourth-order valence-electron chi connectivity index (χ4n) is 2.00. The molecule has 6 heteroatoms. The zero-order valence-electron chi connectivity index (χ0n) is 12.5. The first-order valence-corrected chi connectivity index (χ1v) is 6.71. The van der Waals surface area contributed by atoms with E-state index in [1.165, 1.54) is 0 Å². The standard InChI is InChI=1S/C14H22BN3O2/c1-13(2)14(3,4)20-15(19-13)11-7-5-6-10(8-11)9-18-12(16)17/h5-8H,9H2,1-4H3,(H4,16,17,18). The molecule has 1 heterocycles. The molecule has 0 aromatic heterocycles. The first kappa shape index (κ1) is 14.9. The van der Waals surface area contributed by atoms with Crippen LogP contribution in [-0.4, -0.2) is 24.3 Å². The molecule has 2 rings (SSSR count). The van der Waals surface area contributed by atoms with Crippen LogP contribution in [-0.2, 0) is 15.9 Å². The van der Waals surface area contributed by atoms with E-state index in [1.54, 1.807) is 0 Å². The topological polar surface area (TPSA) is 82.9 Å². The summed E-state index contributed by atoms with van der Waals surface area (Å²) in [5.41, 5.74) is 12.0. The number of benzene rings is 1. The van der Waals surface area contributed by atoms with Gasteiger partial charge in [-0.15, -0.1) is 0 Å². The summed E-state index contributed by atoms with van der Waals surface area (Å²) in [6.07, 6.45) is 0. The number of aliphatic imine (C=N–C) groups is 1. The van der Waals surface area contributed by atoms with Gasteiger partial charge >= 0.3 is 7.12 Å². The summed E-state index contributed by atoms with van der Waals surface area (Å²) in [6.45, 7) is 8.61. The Balaban J connectivity index is 2.19. The number of guanidine groups is 1. The lowest BCUT2D eigenvalue weighted by atomic mass is 9.78. The van der Waals surface area contributed by atoms with E-state index in [2.05, 4.69) is 4.99 Å². The largest absolute Gasteiger partial charge is 0.494 e. The van der Waals surface area contributed by atoms with Gasteiger partial charge in [0.2, 0.25) is 0 Å². The fourth-order valence-corrected chi connectivity index (χ4v) is 2.00. The molecule has 0 atom stereocenters. The van der Waals surface area contributed by atoms with Crippen molar-refractivity contribution in [3.8, 4) is 0 Å². The van der Waals surface area contributed by atoms with Gasteiger partial charge in [0.05, 0.1) is 17.7 Å². The van der Waals surface area contributed by atoms with E-state index in [4.69, 9.17) is 20.8 Å². The lowest BCUT2D eigenvalue weighted by molar-refractivity contribution is 0.00578. The molecular weight excluding hydrogens is 253 g/mol. The lowest BCUT2D eigenvalue weighted by Gasteiger charge is -2.32. The van der Waals surface area contributed by atoms with Crippen molar-refractivity contribution in [3.05, 3.63) is 29.8 Å². The van der Waals surface area contributed by atoms with Crippen molar-refractivity contribution < 1.29 is 9.31 Å². The highest BCUT2D eigenvalue weighted by Gasteiger charge is 2.51. The van der Waals surface area contributed by atoms with E-state index < -0.39 is 0 Å². The van der Waals surface area contributed by atoms with Crippen LogP contribution in [0, 0.1) is 0 Å². The van der Waals surface area contributed by atoms with Gasteiger partial charge in [-0.25, -0.2) is 4.99 Å². The van der Waals surface area contributed by atoms with E-state index in [1.807, 2.05) is 52.0 Å². The molecule has 5 nitrogen and oxygen atoms in total. The number of rotatable bonds is 3. The molecule has 20 heavy (non-hydrogen) atoms. The summed E-state index contributed by atoms with van der Waals surface area (Å²) >= 11 is 0. The Kier molecular flexibility index (Phi) is 3.80. The first-order valence-electron chi connectivity index (χ1n) is 6.71. The number of hydrogen-bond donors (Lipinski definition) is 2. The van der Waals surface area contributed by atoms with Crippen LogP contribution >= 0.6 is 0 Å². The molecule has 0 aliphatic carbocycles. The Morgan fingerprint density at radius 3 is 2.30 bits per heavy atom. The number of hydrogen-bond acceptors (Lipinski definition) is 3.